The number of nitrogens with zero attached hydrogens (tertiary/aromatic N) is 4. The maximum Gasteiger partial charge on any atom is 0.268 e. The smallest absolute Gasteiger partial charge is 0.268 e. The van der Waals surface area contributed by atoms with E-state index in [2.05, 4.69) is 15.4 Å². The molecular formula is C21H21N5O3. The molecule has 0 radical (unpaired) electrons. The minimum absolute atomic E-state index is 0.0646. The molecule has 3 aromatic rings. The van der Waals surface area contributed by atoms with Gasteiger partial charge in [-0.1, -0.05) is 24.3 Å². The summed E-state index contributed by atoms with van der Waals surface area (Å²) in [6, 6.07) is 14.7. The molecule has 0 aliphatic carbocycles. The summed E-state index contributed by atoms with van der Waals surface area (Å²) in [5, 5.41) is 7.05. The molecule has 0 unspecified atom stereocenters. The molecule has 1 aliphatic heterocycles. The van der Waals surface area contributed by atoms with Gasteiger partial charge in [0, 0.05) is 0 Å². The van der Waals surface area contributed by atoms with Crippen molar-refractivity contribution in [2.75, 3.05) is 11.4 Å². The van der Waals surface area contributed by atoms with E-state index < -0.39 is 6.10 Å². The first kappa shape index (κ1) is 18.7. The molecule has 2 aromatic carbocycles. The third-order valence-corrected chi connectivity index (χ3v) is 4.83. The summed E-state index contributed by atoms with van der Waals surface area (Å²) in [6.45, 7) is 3.52. The highest BCUT2D eigenvalue weighted by molar-refractivity contribution is 6.03. The first-order valence-corrected chi connectivity index (χ1v) is 9.34. The van der Waals surface area contributed by atoms with E-state index >= 15 is 0 Å². The van der Waals surface area contributed by atoms with E-state index in [0.717, 1.165) is 11.3 Å². The van der Waals surface area contributed by atoms with E-state index in [0.29, 0.717) is 11.4 Å². The molecule has 2 heterocycles. The summed E-state index contributed by atoms with van der Waals surface area (Å²) >= 11 is 0. The monoisotopic (exact) mass is 391 g/mol. The van der Waals surface area contributed by atoms with E-state index in [9.17, 15) is 9.59 Å². The second-order valence-electron chi connectivity index (χ2n) is 6.87. The third kappa shape index (κ3) is 3.82. The maximum absolute atomic E-state index is 12.6. The Balaban J connectivity index is 1.43. The zero-order chi connectivity index (χ0) is 20.4. The summed E-state index contributed by atoms with van der Waals surface area (Å²) in [7, 11) is 0. The van der Waals surface area contributed by atoms with Crippen molar-refractivity contribution < 1.29 is 14.3 Å². The van der Waals surface area contributed by atoms with E-state index in [1.807, 2.05) is 43.3 Å². The van der Waals surface area contributed by atoms with Gasteiger partial charge in [-0.15, -0.1) is 0 Å². The summed E-state index contributed by atoms with van der Waals surface area (Å²) in [5.41, 5.74) is 2.44. The Morgan fingerprint density at radius 2 is 1.97 bits per heavy atom. The molecule has 148 valence electrons. The van der Waals surface area contributed by atoms with Gasteiger partial charge in [-0.3, -0.25) is 14.5 Å². The molecule has 4 rings (SSSR count). The highest BCUT2D eigenvalue weighted by Gasteiger charge is 2.32. The van der Waals surface area contributed by atoms with Crippen LogP contribution in [0.1, 0.15) is 25.5 Å². The van der Waals surface area contributed by atoms with Gasteiger partial charge in [-0.25, -0.2) is 9.67 Å². The van der Waals surface area contributed by atoms with Crippen LogP contribution in [0.4, 0.5) is 5.69 Å². The van der Waals surface area contributed by atoms with Crippen LogP contribution in [0.5, 0.6) is 5.75 Å². The lowest BCUT2D eigenvalue weighted by Gasteiger charge is -2.32. The Hall–Kier alpha value is -3.68. The number of benzene rings is 2. The lowest BCUT2D eigenvalue weighted by atomic mass is 10.1. The third-order valence-electron chi connectivity index (χ3n) is 4.83. The molecule has 0 fully saturated rings. The number of aromatic nitrogens is 3. The minimum Gasteiger partial charge on any atom is -0.479 e. The van der Waals surface area contributed by atoms with Crippen LogP contribution >= 0.6 is 0 Å². The predicted molar refractivity (Wildman–Crippen MR) is 107 cm³/mol. The van der Waals surface area contributed by atoms with Crippen LogP contribution < -0.4 is 15.0 Å². The van der Waals surface area contributed by atoms with Crippen molar-refractivity contribution in [3.05, 3.63) is 66.7 Å². The van der Waals surface area contributed by atoms with Crippen molar-refractivity contribution in [1.29, 1.82) is 0 Å². The van der Waals surface area contributed by atoms with Gasteiger partial charge in [-0.2, -0.15) is 5.10 Å². The predicted octanol–water partition coefficient (Wildman–Crippen LogP) is 2.26. The summed E-state index contributed by atoms with van der Waals surface area (Å²) in [6.07, 6.45) is 2.47. The molecule has 8 heteroatoms. The van der Waals surface area contributed by atoms with Crippen molar-refractivity contribution in [3.8, 4) is 11.4 Å². The van der Waals surface area contributed by atoms with Crippen LogP contribution in [0, 0.1) is 0 Å². The Morgan fingerprint density at radius 3 is 2.69 bits per heavy atom. The fourth-order valence-electron chi connectivity index (χ4n) is 3.29. The number of anilines is 1. The van der Waals surface area contributed by atoms with Crippen LogP contribution in [0.2, 0.25) is 0 Å². The summed E-state index contributed by atoms with van der Waals surface area (Å²) in [5.74, 6) is 0.128. The van der Waals surface area contributed by atoms with Crippen molar-refractivity contribution in [1.82, 2.24) is 20.1 Å². The molecule has 0 spiro atoms. The number of fused-ring (bicyclic) bond motifs is 1. The quantitative estimate of drug-likeness (QED) is 0.721. The van der Waals surface area contributed by atoms with Crippen molar-refractivity contribution in [3.63, 3.8) is 0 Å². The molecule has 1 aliphatic rings. The van der Waals surface area contributed by atoms with Gasteiger partial charge in [0.1, 0.15) is 24.9 Å². The molecular weight excluding hydrogens is 370 g/mol. The van der Waals surface area contributed by atoms with Crippen LogP contribution in [-0.4, -0.2) is 39.2 Å². The van der Waals surface area contributed by atoms with Gasteiger partial charge in [0.15, 0.2) is 6.10 Å². The maximum atomic E-state index is 12.6. The normalized spacial score (nSPS) is 16.7. The van der Waals surface area contributed by atoms with Gasteiger partial charge in [0.2, 0.25) is 5.91 Å². The van der Waals surface area contributed by atoms with Gasteiger partial charge >= 0.3 is 0 Å². The van der Waals surface area contributed by atoms with E-state index in [1.165, 1.54) is 11.2 Å². The number of carbonyl (C=O) groups is 2. The number of amides is 2. The van der Waals surface area contributed by atoms with Gasteiger partial charge < -0.3 is 10.1 Å². The number of ether oxygens (including phenoxy) is 1. The van der Waals surface area contributed by atoms with Crippen molar-refractivity contribution >= 4 is 17.5 Å². The second-order valence-corrected chi connectivity index (χ2v) is 6.87. The average Bonchev–Trinajstić information content (AvgIpc) is 3.26. The molecule has 2 atom stereocenters. The molecule has 8 nitrogen and oxygen atoms in total. The standard InChI is InChI=1S/C21H21N5O3/c1-14(16-7-9-17(10-8-16)26-13-22-12-23-26)24-20(27)11-25-18-5-3-4-6-19(18)29-15(2)21(25)28/h3-10,12-15H,11H2,1-2H3,(H,24,27)/t14-,15+/m0/s1. The molecule has 0 saturated carbocycles. The first-order valence-electron chi connectivity index (χ1n) is 9.34. The zero-order valence-corrected chi connectivity index (χ0v) is 16.1. The molecule has 2 amide bonds. The SMILES string of the molecule is C[C@H](NC(=O)CN1C(=O)[C@@H](C)Oc2ccccc21)c1ccc(-n2cncn2)cc1. The van der Waals surface area contributed by atoms with Crippen LogP contribution in [0.3, 0.4) is 0 Å². The molecule has 29 heavy (non-hydrogen) atoms. The Morgan fingerprint density at radius 1 is 1.21 bits per heavy atom. The number of rotatable bonds is 5. The van der Waals surface area contributed by atoms with Crippen LogP contribution in [-0.2, 0) is 9.59 Å². The van der Waals surface area contributed by atoms with Gasteiger partial charge in [-0.05, 0) is 43.7 Å². The molecule has 1 aromatic heterocycles. The minimum atomic E-state index is -0.626. The lowest BCUT2D eigenvalue weighted by molar-refractivity contribution is -0.128. The van der Waals surface area contributed by atoms with E-state index in [-0.39, 0.29) is 24.4 Å². The van der Waals surface area contributed by atoms with E-state index in [4.69, 9.17) is 4.74 Å². The number of carbonyl (C=O) groups excluding carboxylic acids is 2. The average molecular weight is 391 g/mol. The number of nitrogens with one attached hydrogen (secondary N) is 1. The highest BCUT2D eigenvalue weighted by atomic mass is 16.5. The van der Waals surface area contributed by atoms with E-state index in [1.54, 1.807) is 30.1 Å². The highest BCUT2D eigenvalue weighted by Crippen LogP contribution is 2.33. The first-order chi connectivity index (χ1) is 14.0. The molecule has 1 N–H and O–H groups in total. The zero-order valence-electron chi connectivity index (χ0n) is 16.1. The topological polar surface area (TPSA) is 89.4 Å². The number of para-hydroxylation sites is 2. The van der Waals surface area contributed by atoms with Crippen LogP contribution in [0.25, 0.3) is 5.69 Å². The molecule has 0 saturated heterocycles. The fraction of sp³-hybridized carbons (Fsp3) is 0.238. The Bertz CT molecular complexity index is 1020. The van der Waals surface area contributed by atoms with Crippen LogP contribution in [0.15, 0.2) is 61.2 Å². The second kappa shape index (κ2) is 7.75. The Labute approximate surface area is 168 Å². The van der Waals surface area contributed by atoms with Gasteiger partial charge in [0.25, 0.3) is 5.91 Å². The van der Waals surface area contributed by atoms with Crippen molar-refractivity contribution in [2.24, 2.45) is 0 Å². The lowest BCUT2D eigenvalue weighted by Crippen LogP contribution is -2.49. The molecule has 0 bridgehead atoms. The number of hydrogen-bond acceptors (Lipinski definition) is 5. The number of hydrogen-bond donors (Lipinski definition) is 1. The largest absolute Gasteiger partial charge is 0.479 e. The van der Waals surface area contributed by atoms with Gasteiger partial charge in [0.05, 0.1) is 17.4 Å². The van der Waals surface area contributed by atoms with Crippen molar-refractivity contribution in [2.45, 2.75) is 26.0 Å². The fourth-order valence-corrected chi connectivity index (χ4v) is 3.29. The summed E-state index contributed by atoms with van der Waals surface area (Å²) in [4.78, 5) is 30.6. The summed E-state index contributed by atoms with van der Waals surface area (Å²) < 4.78 is 7.28. The Kier molecular flexibility index (Phi) is 4.99.